The second-order valence-corrected chi connectivity index (χ2v) is 15.0. The molecule has 0 saturated carbocycles. The zero-order valence-corrected chi connectivity index (χ0v) is 32.8. The van der Waals surface area contributed by atoms with Crippen LogP contribution in [-0.4, -0.2) is 138 Å². The first-order chi connectivity index (χ1) is 25.3. The Balaban J connectivity index is 5.93. The molecule has 0 rings (SSSR count). The van der Waals surface area contributed by atoms with Crippen molar-refractivity contribution in [2.75, 3.05) is 26.3 Å². The summed E-state index contributed by atoms with van der Waals surface area (Å²) in [5.41, 5.74) is -1.68. The SMILES string of the molecule is CCCCCCCCCCCCC(CCCCCCCCCCCC)(C(=O)NC[C@@H](O)[C@H](O)[C@H](O)[C@@H](O)CO)C(=O)NC[C@@H](O)[C@H](O)[C@H](O)[C@@H](O)CO. The molecule has 0 aromatic heterocycles. The maximum Gasteiger partial charge on any atom is 0.235 e. The van der Waals surface area contributed by atoms with Gasteiger partial charge in [-0.2, -0.15) is 0 Å². The van der Waals surface area contributed by atoms with Gasteiger partial charge in [0.25, 0.3) is 0 Å². The van der Waals surface area contributed by atoms with Crippen LogP contribution in [0.3, 0.4) is 0 Å². The van der Waals surface area contributed by atoms with Crippen molar-refractivity contribution in [1.29, 1.82) is 0 Å². The van der Waals surface area contributed by atoms with E-state index in [0.717, 1.165) is 64.2 Å². The minimum absolute atomic E-state index is 0.133. The van der Waals surface area contributed by atoms with Crippen LogP contribution in [0.15, 0.2) is 0 Å². The van der Waals surface area contributed by atoms with E-state index in [2.05, 4.69) is 24.5 Å². The van der Waals surface area contributed by atoms with Gasteiger partial charge < -0.3 is 61.7 Å². The van der Waals surface area contributed by atoms with Gasteiger partial charge in [0.1, 0.15) is 42.0 Å². The standard InChI is InChI=1S/C39H78N2O12/c1-3-5-7-9-11-13-15-17-19-21-23-39(24-22-20-18-16-14-12-10-8-6-4-2,37(52)40-25-29(44)33(48)35(50)31(46)27-42)38(53)41-26-30(45)34(49)36(51)32(47)28-43/h29-36,42-51H,3-28H2,1-2H3,(H,40,52)(H,41,53)/t29-,30-,31+,32+,33+,34+,35-,36-/m1/s1. The number of amides is 2. The van der Waals surface area contributed by atoms with E-state index in [1.165, 1.54) is 51.4 Å². The highest BCUT2D eigenvalue weighted by molar-refractivity contribution is 6.05. The molecule has 0 radical (unpaired) electrons. The Bertz CT molecular complexity index is 831. The third-order valence-electron chi connectivity index (χ3n) is 10.4. The summed E-state index contributed by atoms with van der Waals surface area (Å²) < 4.78 is 0. The molecule has 53 heavy (non-hydrogen) atoms. The molecule has 14 heteroatoms. The van der Waals surface area contributed by atoms with Crippen molar-refractivity contribution in [3.63, 3.8) is 0 Å². The van der Waals surface area contributed by atoms with Crippen LogP contribution >= 0.6 is 0 Å². The van der Waals surface area contributed by atoms with Gasteiger partial charge in [-0.25, -0.2) is 0 Å². The van der Waals surface area contributed by atoms with Gasteiger partial charge in [-0.3, -0.25) is 9.59 Å². The molecule has 0 aliphatic carbocycles. The van der Waals surface area contributed by atoms with Crippen LogP contribution in [0.4, 0.5) is 0 Å². The quantitative estimate of drug-likeness (QED) is 0.0321. The number of nitrogens with one attached hydrogen (secondary N) is 2. The number of carbonyl (C=O) groups excluding carboxylic acids is 2. The van der Waals surface area contributed by atoms with Gasteiger partial charge in [-0.1, -0.05) is 142 Å². The lowest BCUT2D eigenvalue weighted by Gasteiger charge is -2.33. The molecule has 2 amide bonds. The highest BCUT2D eigenvalue weighted by atomic mass is 16.4. The summed E-state index contributed by atoms with van der Waals surface area (Å²) in [5, 5.41) is 105. The van der Waals surface area contributed by atoms with Crippen LogP contribution in [-0.2, 0) is 9.59 Å². The zero-order chi connectivity index (χ0) is 40.1. The first-order valence-electron chi connectivity index (χ1n) is 20.6. The van der Waals surface area contributed by atoms with Crippen molar-refractivity contribution in [2.45, 2.75) is 204 Å². The third-order valence-corrected chi connectivity index (χ3v) is 10.4. The van der Waals surface area contributed by atoms with Crippen LogP contribution in [0.1, 0.15) is 155 Å². The molecule has 0 aliphatic rings. The number of rotatable bonds is 36. The fraction of sp³-hybridized carbons (Fsp3) is 0.949. The molecule has 0 saturated heterocycles. The van der Waals surface area contributed by atoms with Crippen LogP contribution in [0.2, 0.25) is 0 Å². The Hall–Kier alpha value is -1.46. The minimum atomic E-state index is -1.91. The first kappa shape index (κ1) is 51.5. The van der Waals surface area contributed by atoms with E-state index in [0.29, 0.717) is 12.8 Å². The van der Waals surface area contributed by atoms with E-state index in [-0.39, 0.29) is 12.8 Å². The monoisotopic (exact) mass is 767 g/mol. The molecular weight excluding hydrogens is 688 g/mol. The number of carbonyl (C=O) groups is 2. The van der Waals surface area contributed by atoms with E-state index in [1.54, 1.807) is 0 Å². The normalized spacial score (nSPS) is 16.7. The maximum absolute atomic E-state index is 14.1. The van der Waals surface area contributed by atoms with Gasteiger partial charge in [0.15, 0.2) is 0 Å². The molecule has 12 N–H and O–H groups in total. The van der Waals surface area contributed by atoms with Crippen LogP contribution in [0.5, 0.6) is 0 Å². The smallest absolute Gasteiger partial charge is 0.235 e. The fourth-order valence-electron chi connectivity index (χ4n) is 6.61. The molecule has 0 aromatic rings. The largest absolute Gasteiger partial charge is 0.394 e. The highest BCUT2D eigenvalue weighted by Crippen LogP contribution is 2.34. The number of hydrogen-bond donors (Lipinski definition) is 12. The fourth-order valence-corrected chi connectivity index (χ4v) is 6.61. The van der Waals surface area contributed by atoms with Crippen molar-refractivity contribution >= 4 is 11.8 Å². The molecule has 0 aromatic carbocycles. The molecule has 8 atom stereocenters. The predicted octanol–water partition coefficient (Wildman–Crippen LogP) is 1.70. The first-order valence-corrected chi connectivity index (χ1v) is 20.6. The minimum Gasteiger partial charge on any atom is -0.394 e. The lowest BCUT2D eigenvalue weighted by atomic mass is 9.75. The molecule has 316 valence electrons. The van der Waals surface area contributed by atoms with Gasteiger partial charge in [-0.05, 0) is 12.8 Å². The average Bonchev–Trinajstić information content (AvgIpc) is 3.17. The van der Waals surface area contributed by atoms with Crippen molar-refractivity contribution < 1.29 is 60.7 Å². The number of aliphatic hydroxyl groups excluding tert-OH is 10. The van der Waals surface area contributed by atoms with E-state index in [9.17, 15) is 50.4 Å². The van der Waals surface area contributed by atoms with Crippen LogP contribution < -0.4 is 10.6 Å². The number of unbranched alkanes of at least 4 members (excludes halogenated alkanes) is 18. The second kappa shape index (κ2) is 31.7. The molecule has 0 unspecified atom stereocenters. The molecule has 0 spiro atoms. The summed E-state index contributed by atoms with van der Waals surface area (Å²) in [4.78, 5) is 28.1. The molecule has 0 aliphatic heterocycles. The zero-order valence-electron chi connectivity index (χ0n) is 32.8. The Labute approximate surface area is 318 Å². The van der Waals surface area contributed by atoms with E-state index < -0.39 is 92.4 Å². The van der Waals surface area contributed by atoms with Gasteiger partial charge in [0, 0.05) is 13.1 Å². The number of hydrogen-bond acceptors (Lipinski definition) is 12. The Morgan fingerprint density at radius 1 is 0.415 bits per heavy atom. The van der Waals surface area contributed by atoms with Gasteiger partial charge in [-0.15, -0.1) is 0 Å². The van der Waals surface area contributed by atoms with Gasteiger partial charge in [0.2, 0.25) is 11.8 Å². The predicted molar refractivity (Wildman–Crippen MR) is 204 cm³/mol. The van der Waals surface area contributed by atoms with E-state index >= 15 is 0 Å². The van der Waals surface area contributed by atoms with Gasteiger partial charge >= 0.3 is 0 Å². The van der Waals surface area contributed by atoms with Crippen LogP contribution in [0.25, 0.3) is 0 Å². The van der Waals surface area contributed by atoms with Crippen molar-refractivity contribution in [3.05, 3.63) is 0 Å². The van der Waals surface area contributed by atoms with Crippen molar-refractivity contribution in [1.82, 2.24) is 10.6 Å². The maximum atomic E-state index is 14.1. The molecule has 0 bridgehead atoms. The highest BCUT2D eigenvalue weighted by Gasteiger charge is 2.45. The van der Waals surface area contributed by atoms with Crippen LogP contribution in [0, 0.1) is 5.41 Å². The summed E-state index contributed by atoms with van der Waals surface area (Å²) >= 11 is 0. The topological polar surface area (TPSA) is 260 Å². The molecule has 14 nitrogen and oxygen atoms in total. The van der Waals surface area contributed by atoms with Gasteiger partial charge in [0.05, 0.1) is 25.4 Å². The summed E-state index contributed by atoms with van der Waals surface area (Å²) in [6.07, 6.45) is 6.30. The Morgan fingerprint density at radius 2 is 0.660 bits per heavy atom. The summed E-state index contributed by atoms with van der Waals surface area (Å²) in [7, 11) is 0. The van der Waals surface area contributed by atoms with Crippen molar-refractivity contribution in [3.8, 4) is 0 Å². The lowest BCUT2D eigenvalue weighted by Crippen LogP contribution is -2.56. The summed E-state index contributed by atoms with van der Waals surface area (Å²) in [6.45, 7) is 1.47. The third kappa shape index (κ3) is 21.4. The van der Waals surface area contributed by atoms with E-state index in [1.807, 2.05) is 0 Å². The van der Waals surface area contributed by atoms with E-state index in [4.69, 9.17) is 10.2 Å². The Morgan fingerprint density at radius 3 is 0.925 bits per heavy atom. The summed E-state index contributed by atoms with van der Waals surface area (Å²) in [5.74, 6) is -1.48. The second-order valence-electron chi connectivity index (χ2n) is 15.0. The molecular formula is C39H78N2O12. The average molecular weight is 767 g/mol. The Kier molecular flexibility index (Phi) is 30.8. The molecule has 0 fully saturated rings. The van der Waals surface area contributed by atoms with Crippen molar-refractivity contribution in [2.24, 2.45) is 5.41 Å². The summed E-state index contributed by atoms with van der Waals surface area (Å²) in [6, 6.07) is 0. The number of aliphatic hydroxyl groups is 10. The lowest BCUT2D eigenvalue weighted by molar-refractivity contribution is -0.147. The molecule has 0 heterocycles.